The maximum Gasteiger partial charge on any atom is 0.329 e. The summed E-state index contributed by atoms with van der Waals surface area (Å²) in [7, 11) is 0. The number of aromatic amines is 1. The van der Waals surface area contributed by atoms with Gasteiger partial charge in [0.2, 0.25) is 0 Å². The van der Waals surface area contributed by atoms with E-state index in [9.17, 15) is 14.4 Å². The summed E-state index contributed by atoms with van der Waals surface area (Å²) < 4.78 is 6.58. The number of amides is 1. The van der Waals surface area contributed by atoms with E-state index in [-0.39, 0.29) is 17.4 Å². The van der Waals surface area contributed by atoms with Gasteiger partial charge in [0.05, 0.1) is 6.26 Å². The summed E-state index contributed by atoms with van der Waals surface area (Å²) >= 11 is 0. The van der Waals surface area contributed by atoms with Crippen LogP contribution in [-0.4, -0.2) is 33.4 Å². The Morgan fingerprint density at radius 1 is 1.12 bits per heavy atom. The molecule has 1 aromatic carbocycles. The van der Waals surface area contributed by atoms with Crippen LogP contribution < -0.4 is 16.6 Å². The van der Waals surface area contributed by atoms with Crippen molar-refractivity contribution in [3.8, 4) is 0 Å². The first-order valence-corrected chi connectivity index (χ1v) is 11.5. The Labute approximate surface area is 191 Å². The summed E-state index contributed by atoms with van der Waals surface area (Å²) in [4.78, 5) is 42.6. The maximum atomic E-state index is 12.7. The Hall–Kier alpha value is -3.55. The number of nitrogens with one attached hydrogen (secondary N) is 2. The number of aryl methyl sites for hydroxylation is 3. The molecule has 0 unspecified atom stereocenters. The summed E-state index contributed by atoms with van der Waals surface area (Å²) in [5, 5.41) is 3.16. The average Bonchev–Trinajstić information content (AvgIpc) is 3.44. The topological polar surface area (TPSA) is 100 Å². The first-order valence-electron chi connectivity index (χ1n) is 11.5. The molecule has 3 aromatic rings. The highest BCUT2D eigenvalue weighted by Crippen LogP contribution is 2.26. The van der Waals surface area contributed by atoms with Gasteiger partial charge in [0.1, 0.15) is 5.82 Å². The van der Waals surface area contributed by atoms with Crippen molar-refractivity contribution in [2.24, 2.45) is 5.92 Å². The number of aromatic nitrogens is 2. The molecule has 1 amide bonds. The van der Waals surface area contributed by atoms with E-state index in [1.54, 1.807) is 11.0 Å². The molecule has 5 rings (SSSR count). The van der Waals surface area contributed by atoms with Crippen molar-refractivity contribution < 1.29 is 9.21 Å². The van der Waals surface area contributed by atoms with E-state index < -0.39 is 5.69 Å². The van der Waals surface area contributed by atoms with Crippen LogP contribution in [0.25, 0.3) is 0 Å². The van der Waals surface area contributed by atoms with E-state index in [1.165, 1.54) is 34.4 Å². The maximum absolute atomic E-state index is 12.7. The van der Waals surface area contributed by atoms with Crippen LogP contribution in [0.4, 0.5) is 11.5 Å². The minimum absolute atomic E-state index is 0.104. The van der Waals surface area contributed by atoms with Crippen molar-refractivity contribution in [3.63, 3.8) is 0 Å². The molecule has 1 aliphatic carbocycles. The zero-order valence-electron chi connectivity index (χ0n) is 18.7. The van der Waals surface area contributed by atoms with Crippen LogP contribution in [0.15, 0.2) is 50.6 Å². The number of fused-ring (bicyclic) bond motifs is 1. The van der Waals surface area contributed by atoms with Crippen LogP contribution in [0.2, 0.25) is 0 Å². The lowest BCUT2D eigenvalue weighted by molar-refractivity contribution is 0.0649. The molecule has 3 heterocycles. The molecule has 2 aliphatic rings. The fourth-order valence-electron chi connectivity index (χ4n) is 4.88. The molecule has 0 bridgehead atoms. The smallest absolute Gasteiger partial charge is 0.329 e. The highest BCUT2D eigenvalue weighted by atomic mass is 16.3. The van der Waals surface area contributed by atoms with Gasteiger partial charge in [0, 0.05) is 37.0 Å². The predicted molar refractivity (Wildman–Crippen MR) is 125 cm³/mol. The number of anilines is 2. The van der Waals surface area contributed by atoms with Gasteiger partial charge in [-0.15, -0.1) is 0 Å². The predicted octanol–water partition coefficient (Wildman–Crippen LogP) is 3.22. The lowest BCUT2D eigenvalue weighted by atomic mass is 9.96. The Balaban J connectivity index is 1.23. The number of hydrogen-bond acceptors (Lipinski definition) is 5. The van der Waals surface area contributed by atoms with Gasteiger partial charge in [-0.25, -0.2) is 4.79 Å². The standard InChI is InChI=1S/C25H28N4O4/c1-16-9-12-33-23(16)24(31)28-10-7-17(8-11-28)15-29-22(30)14-21(27-25(29)32)26-20-6-5-18-3-2-4-19(18)13-20/h5-6,9,12-14,17,26H,2-4,7-8,10-11,15H2,1H3,(H,27,32). The molecule has 0 radical (unpaired) electrons. The van der Waals surface area contributed by atoms with Crippen molar-refractivity contribution >= 4 is 17.4 Å². The first kappa shape index (κ1) is 21.3. The zero-order valence-corrected chi connectivity index (χ0v) is 18.7. The third-order valence-electron chi connectivity index (χ3n) is 6.80. The normalized spacial score (nSPS) is 16.1. The quantitative estimate of drug-likeness (QED) is 0.624. The minimum atomic E-state index is -0.420. The van der Waals surface area contributed by atoms with Crippen LogP contribution in [0.3, 0.4) is 0 Å². The van der Waals surface area contributed by atoms with Gasteiger partial charge < -0.3 is 14.6 Å². The Morgan fingerprint density at radius 2 is 1.91 bits per heavy atom. The second kappa shape index (κ2) is 8.77. The van der Waals surface area contributed by atoms with Gasteiger partial charge in [0.15, 0.2) is 5.76 Å². The van der Waals surface area contributed by atoms with Crippen LogP contribution in [0.5, 0.6) is 0 Å². The monoisotopic (exact) mass is 448 g/mol. The van der Waals surface area contributed by atoms with Gasteiger partial charge in [0.25, 0.3) is 11.5 Å². The first-order chi connectivity index (χ1) is 16.0. The summed E-state index contributed by atoms with van der Waals surface area (Å²) in [5.74, 6) is 0.829. The molecule has 1 fully saturated rings. The van der Waals surface area contributed by atoms with E-state index in [0.717, 1.165) is 36.9 Å². The van der Waals surface area contributed by atoms with E-state index in [2.05, 4.69) is 22.4 Å². The van der Waals surface area contributed by atoms with Crippen LogP contribution in [-0.2, 0) is 19.4 Å². The van der Waals surface area contributed by atoms with Crippen molar-refractivity contribution in [3.05, 3.63) is 79.9 Å². The van der Waals surface area contributed by atoms with Crippen LogP contribution in [0, 0.1) is 12.8 Å². The number of rotatable bonds is 5. The number of benzene rings is 1. The van der Waals surface area contributed by atoms with Gasteiger partial charge in [-0.3, -0.25) is 19.1 Å². The molecule has 2 aromatic heterocycles. The molecule has 8 nitrogen and oxygen atoms in total. The van der Waals surface area contributed by atoms with E-state index >= 15 is 0 Å². The second-order valence-corrected chi connectivity index (χ2v) is 9.07. The van der Waals surface area contributed by atoms with Gasteiger partial charge in [-0.1, -0.05) is 6.07 Å². The number of piperidine rings is 1. The molecular formula is C25H28N4O4. The summed E-state index contributed by atoms with van der Waals surface area (Å²) in [6.07, 6.45) is 6.32. The molecule has 0 spiro atoms. The highest BCUT2D eigenvalue weighted by molar-refractivity contribution is 5.92. The number of nitrogens with zero attached hydrogens (tertiary/aromatic N) is 2. The third kappa shape index (κ3) is 4.37. The van der Waals surface area contributed by atoms with E-state index in [1.807, 2.05) is 13.0 Å². The average molecular weight is 449 g/mol. The van der Waals surface area contributed by atoms with Crippen molar-refractivity contribution in [2.45, 2.75) is 45.6 Å². The lowest BCUT2D eigenvalue weighted by Crippen LogP contribution is -2.42. The van der Waals surface area contributed by atoms with Gasteiger partial charge in [-0.05, 0) is 74.3 Å². The lowest BCUT2D eigenvalue weighted by Gasteiger charge is -2.31. The molecular weight excluding hydrogens is 420 g/mol. The number of likely N-dealkylation sites (tertiary alicyclic amines) is 1. The SMILES string of the molecule is Cc1ccoc1C(=O)N1CCC(Cn2c(=O)cc(Nc3ccc4c(c3)CCC4)[nH]c2=O)CC1. The molecule has 8 heteroatoms. The Bertz CT molecular complexity index is 1260. The second-order valence-electron chi connectivity index (χ2n) is 9.07. The molecule has 1 aliphatic heterocycles. The number of hydrogen-bond donors (Lipinski definition) is 2. The fraction of sp³-hybridized carbons (Fsp3) is 0.400. The molecule has 2 N–H and O–H groups in total. The number of carbonyl (C=O) groups is 1. The van der Waals surface area contributed by atoms with Crippen LogP contribution in [0.1, 0.15) is 46.5 Å². The molecule has 0 atom stereocenters. The van der Waals surface area contributed by atoms with Crippen molar-refractivity contribution in [1.82, 2.24) is 14.5 Å². The van der Waals surface area contributed by atoms with Gasteiger partial charge in [-0.2, -0.15) is 0 Å². The Kier molecular flexibility index (Phi) is 5.66. The van der Waals surface area contributed by atoms with Crippen molar-refractivity contribution in [2.75, 3.05) is 18.4 Å². The summed E-state index contributed by atoms with van der Waals surface area (Å²) in [5.41, 5.74) is 3.64. The molecule has 1 saturated heterocycles. The van der Waals surface area contributed by atoms with Crippen LogP contribution >= 0.6 is 0 Å². The molecule has 33 heavy (non-hydrogen) atoms. The molecule has 172 valence electrons. The number of carbonyl (C=O) groups excluding carboxylic acids is 1. The van der Waals surface area contributed by atoms with E-state index in [0.29, 0.717) is 31.2 Å². The van der Waals surface area contributed by atoms with Gasteiger partial charge >= 0.3 is 5.69 Å². The largest absolute Gasteiger partial charge is 0.459 e. The zero-order chi connectivity index (χ0) is 22.9. The number of furan rings is 1. The van der Waals surface area contributed by atoms with Crippen molar-refractivity contribution in [1.29, 1.82) is 0 Å². The number of H-pyrrole nitrogens is 1. The van der Waals surface area contributed by atoms with E-state index in [4.69, 9.17) is 4.42 Å². The third-order valence-corrected chi connectivity index (χ3v) is 6.80. The summed E-state index contributed by atoms with van der Waals surface area (Å²) in [6.45, 7) is 3.35. The summed E-state index contributed by atoms with van der Waals surface area (Å²) in [6, 6.07) is 9.39. The molecule has 0 saturated carbocycles. The Morgan fingerprint density at radius 3 is 2.64 bits per heavy atom. The minimum Gasteiger partial charge on any atom is -0.459 e. The fourth-order valence-corrected chi connectivity index (χ4v) is 4.88. The highest BCUT2D eigenvalue weighted by Gasteiger charge is 2.27.